The van der Waals surface area contributed by atoms with Crippen molar-refractivity contribution in [3.8, 4) is 0 Å². The van der Waals surface area contributed by atoms with Crippen LogP contribution in [0.15, 0.2) is 30.6 Å². The van der Waals surface area contributed by atoms with Gasteiger partial charge in [0.05, 0.1) is 11.3 Å². The first-order valence-corrected chi connectivity index (χ1v) is 7.41. The summed E-state index contributed by atoms with van der Waals surface area (Å²) in [5.74, 6) is 0.0745. The van der Waals surface area contributed by atoms with Crippen LogP contribution in [0.5, 0.6) is 0 Å². The number of pyridine rings is 1. The molecule has 2 aromatic rings. The smallest absolute Gasteiger partial charge is 0.257 e. The lowest BCUT2D eigenvalue weighted by Gasteiger charge is -2.15. The number of aliphatic hydroxyl groups excluding tert-OH is 1. The highest BCUT2D eigenvalue weighted by atomic mass is 16.3. The maximum absolute atomic E-state index is 12.7. The second kappa shape index (κ2) is 5.88. The second-order valence-corrected chi connectivity index (χ2v) is 5.82. The summed E-state index contributed by atoms with van der Waals surface area (Å²) < 4.78 is 1.65. The van der Waals surface area contributed by atoms with Gasteiger partial charge in [-0.2, -0.15) is 5.10 Å². The van der Waals surface area contributed by atoms with Crippen molar-refractivity contribution in [2.45, 2.75) is 12.8 Å². The highest BCUT2D eigenvalue weighted by Gasteiger charge is 2.37. The molecule has 1 amide bonds. The number of aliphatic hydroxyl groups is 1. The van der Waals surface area contributed by atoms with E-state index in [0.717, 1.165) is 11.4 Å². The van der Waals surface area contributed by atoms with E-state index in [1.165, 1.54) is 0 Å². The van der Waals surface area contributed by atoms with Crippen LogP contribution in [0.4, 0.5) is 0 Å². The van der Waals surface area contributed by atoms with E-state index in [2.05, 4.69) is 10.1 Å². The van der Waals surface area contributed by atoms with Gasteiger partial charge < -0.3 is 10.0 Å². The van der Waals surface area contributed by atoms with Gasteiger partial charge in [-0.15, -0.1) is 0 Å². The number of nitrogens with zero attached hydrogens (tertiary/aromatic N) is 4. The summed E-state index contributed by atoms with van der Waals surface area (Å²) >= 11 is 0. The molecule has 1 fully saturated rings. The number of aryl methyl sites for hydroxylation is 2. The SMILES string of the molecule is Cc1nn(C)cc1C(=O)N1C[C@@H](CO)[C@H](c2ccccn2)C1. The van der Waals surface area contributed by atoms with Crippen LogP contribution in [0.25, 0.3) is 0 Å². The van der Waals surface area contributed by atoms with Crippen molar-refractivity contribution in [1.29, 1.82) is 0 Å². The zero-order valence-corrected chi connectivity index (χ0v) is 12.8. The van der Waals surface area contributed by atoms with Gasteiger partial charge in [0.1, 0.15) is 0 Å². The Labute approximate surface area is 129 Å². The van der Waals surface area contributed by atoms with Gasteiger partial charge in [-0.3, -0.25) is 14.5 Å². The number of amides is 1. The molecule has 6 nitrogen and oxygen atoms in total. The van der Waals surface area contributed by atoms with E-state index in [1.54, 1.807) is 29.0 Å². The van der Waals surface area contributed by atoms with Crippen LogP contribution in [0, 0.1) is 12.8 Å². The fraction of sp³-hybridized carbons (Fsp3) is 0.438. The fourth-order valence-corrected chi connectivity index (χ4v) is 3.13. The molecular formula is C16H20N4O2. The van der Waals surface area contributed by atoms with Crippen molar-refractivity contribution in [1.82, 2.24) is 19.7 Å². The molecule has 0 unspecified atom stereocenters. The zero-order valence-electron chi connectivity index (χ0n) is 12.8. The van der Waals surface area contributed by atoms with Crippen molar-refractivity contribution in [3.63, 3.8) is 0 Å². The van der Waals surface area contributed by atoms with Crippen LogP contribution in [0.3, 0.4) is 0 Å². The number of carbonyl (C=O) groups excluding carboxylic acids is 1. The Morgan fingerprint density at radius 2 is 2.23 bits per heavy atom. The molecule has 0 aromatic carbocycles. The Bertz CT molecular complexity index is 668. The number of hydrogen-bond donors (Lipinski definition) is 1. The highest BCUT2D eigenvalue weighted by molar-refractivity contribution is 5.95. The molecule has 2 aromatic heterocycles. The fourth-order valence-electron chi connectivity index (χ4n) is 3.13. The van der Waals surface area contributed by atoms with Gasteiger partial charge in [0.2, 0.25) is 0 Å². The van der Waals surface area contributed by atoms with Gasteiger partial charge in [0.25, 0.3) is 5.91 Å². The van der Waals surface area contributed by atoms with Crippen LogP contribution in [0.2, 0.25) is 0 Å². The summed E-state index contributed by atoms with van der Waals surface area (Å²) in [5.41, 5.74) is 2.29. The van der Waals surface area contributed by atoms with Crippen molar-refractivity contribution < 1.29 is 9.90 Å². The first kappa shape index (κ1) is 14.7. The third-order valence-electron chi connectivity index (χ3n) is 4.27. The maximum Gasteiger partial charge on any atom is 0.257 e. The summed E-state index contributed by atoms with van der Waals surface area (Å²) in [5, 5.41) is 13.9. The van der Waals surface area contributed by atoms with Gasteiger partial charge in [-0.25, -0.2) is 0 Å². The largest absolute Gasteiger partial charge is 0.396 e. The first-order valence-electron chi connectivity index (χ1n) is 7.41. The van der Waals surface area contributed by atoms with E-state index in [4.69, 9.17) is 0 Å². The van der Waals surface area contributed by atoms with E-state index in [1.807, 2.05) is 25.1 Å². The Morgan fingerprint density at radius 3 is 2.82 bits per heavy atom. The molecule has 0 bridgehead atoms. The molecule has 116 valence electrons. The predicted octanol–water partition coefficient (Wildman–Crippen LogP) is 0.972. The normalized spacial score (nSPS) is 21.3. The molecule has 2 atom stereocenters. The molecule has 1 saturated heterocycles. The molecule has 6 heteroatoms. The number of carbonyl (C=O) groups is 1. The molecule has 1 aliphatic heterocycles. The molecule has 1 aliphatic rings. The van der Waals surface area contributed by atoms with Crippen molar-refractivity contribution in [3.05, 3.63) is 47.5 Å². The van der Waals surface area contributed by atoms with E-state index in [-0.39, 0.29) is 24.3 Å². The Morgan fingerprint density at radius 1 is 1.41 bits per heavy atom. The van der Waals surface area contributed by atoms with Gasteiger partial charge in [0.15, 0.2) is 0 Å². The van der Waals surface area contributed by atoms with Crippen LogP contribution in [-0.2, 0) is 7.05 Å². The lowest BCUT2D eigenvalue weighted by molar-refractivity contribution is 0.0780. The Balaban J connectivity index is 1.82. The molecule has 0 aliphatic carbocycles. The highest BCUT2D eigenvalue weighted by Crippen LogP contribution is 2.32. The van der Waals surface area contributed by atoms with Gasteiger partial charge >= 0.3 is 0 Å². The van der Waals surface area contributed by atoms with Gasteiger partial charge in [-0.05, 0) is 19.1 Å². The molecule has 0 saturated carbocycles. The second-order valence-electron chi connectivity index (χ2n) is 5.82. The average Bonchev–Trinajstić information content (AvgIpc) is 3.10. The number of hydrogen-bond acceptors (Lipinski definition) is 4. The van der Waals surface area contributed by atoms with E-state index in [9.17, 15) is 9.90 Å². The van der Waals surface area contributed by atoms with Crippen molar-refractivity contribution in [2.24, 2.45) is 13.0 Å². The standard InChI is InChI=1S/C16H20N4O2/c1-11-13(8-19(2)18-11)16(22)20-7-12(10-21)14(9-20)15-5-3-4-6-17-15/h3-6,8,12,14,21H,7,9-10H2,1-2H3/t12-,14+/m0/s1. The van der Waals surface area contributed by atoms with E-state index >= 15 is 0 Å². The first-order chi connectivity index (χ1) is 10.6. The summed E-state index contributed by atoms with van der Waals surface area (Å²) in [7, 11) is 1.81. The van der Waals surface area contributed by atoms with Crippen LogP contribution in [0.1, 0.15) is 27.7 Å². The molecule has 3 heterocycles. The predicted molar refractivity (Wildman–Crippen MR) is 81.4 cm³/mol. The van der Waals surface area contributed by atoms with E-state index in [0.29, 0.717) is 18.7 Å². The number of aromatic nitrogens is 3. The zero-order chi connectivity index (χ0) is 15.7. The minimum atomic E-state index is -0.0255. The summed E-state index contributed by atoms with van der Waals surface area (Å²) in [6, 6.07) is 5.76. The minimum absolute atomic E-state index is 0.0239. The van der Waals surface area contributed by atoms with Crippen LogP contribution in [-0.4, -0.2) is 50.4 Å². The third-order valence-corrected chi connectivity index (χ3v) is 4.27. The van der Waals surface area contributed by atoms with Gasteiger partial charge in [-0.1, -0.05) is 6.07 Å². The average molecular weight is 300 g/mol. The maximum atomic E-state index is 12.7. The van der Waals surface area contributed by atoms with Crippen molar-refractivity contribution in [2.75, 3.05) is 19.7 Å². The summed E-state index contributed by atoms with van der Waals surface area (Å²) in [6.45, 7) is 3.01. The third kappa shape index (κ3) is 2.62. The Kier molecular flexibility index (Phi) is 3.94. The van der Waals surface area contributed by atoms with Crippen LogP contribution < -0.4 is 0 Å². The molecule has 22 heavy (non-hydrogen) atoms. The molecular weight excluding hydrogens is 280 g/mol. The monoisotopic (exact) mass is 300 g/mol. The summed E-state index contributed by atoms with van der Waals surface area (Å²) in [6.07, 6.45) is 3.50. The lowest BCUT2D eigenvalue weighted by Crippen LogP contribution is -2.29. The molecule has 0 spiro atoms. The number of likely N-dealkylation sites (tertiary alicyclic amines) is 1. The topological polar surface area (TPSA) is 71.2 Å². The summed E-state index contributed by atoms with van der Waals surface area (Å²) in [4.78, 5) is 18.9. The Hall–Kier alpha value is -2.21. The van der Waals surface area contributed by atoms with Gasteiger partial charge in [0, 0.05) is 56.7 Å². The molecule has 0 radical (unpaired) electrons. The lowest BCUT2D eigenvalue weighted by atomic mass is 9.93. The molecule has 1 N–H and O–H groups in total. The van der Waals surface area contributed by atoms with E-state index < -0.39 is 0 Å². The quantitative estimate of drug-likeness (QED) is 0.917. The number of rotatable bonds is 3. The van der Waals surface area contributed by atoms with Crippen LogP contribution >= 0.6 is 0 Å². The molecule has 3 rings (SSSR count). The minimum Gasteiger partial charge on any atom is -0.396 e. The van der Waals surface area contributed by atoms with Crippen molar-refractivity contribution >= 4 is 5.91 Å².